The minimum Gasteiger partial charge on any atom is -0.392 e. The van der Waals surface area contributed by atoms with Gasteiger partial charge < -0.3 is 10.4 Å². The highest BCUT2D eigenvalue weighted by Crippen LogP contribution is 2.34. The van der Waals surface area contributed by atoms with Crippen molar-refractivity contribution in [2.75, 3.05) is 5.32 Å². The summed E-state index contributed by atoms with van der Waals surface area (Å²) in [4.78, 5) is 16.1. The maximum Gasteiger partial charge on any atom is 0.450 e. The number of amides is 1. The van der Waals surface area contributed by atoms with E-state index < -0.39 is 17.9 Å². The Balaban J connectivity index is 1.66. The van der Waals surface area contributed by atoms with Gasteiger partial charge >= 0.3 is 6.18 Å². The van der Waals surface area contributed by atoms with Gasteiger partial charge in [-0.3, -0.25) is 9.36 Å². The first-order valence-electron chi connectivity index (χ1n) is 9.41. The highest BCUT2D eigenvalue weighted by molar-refractivity contribution is 6.04. The summed E-state index contributed by atoms with van der Waals surface area (Å²) < 4.78 is 41.9. The largest absolute Gasteiger partial charge is 0.450 e. The van der Waals surface area contributed by atoms with E-state index >= 15 is 0 Å². The molecule has 0 aliphatic carbocycles. The number of hydrogen-bond acceptors (Lipinski definition) is 4. The van der Waals surface area contributed by atoms with Crippen LogP contribution in [0.4, 0.5) is 18.9 Å². The van der Waals surface area contributed by atoms with E-state index in [9.17, 15) is 23.1 Å². The number of aliphatic hydroxyl groups excluding tert-OH is 1. The Bertz CT molecular complexity index is 1340. The Morgan fingerprint density at radius 1 is 1.06 bits per heavy atom. The molecule has 32 heavy (non-hydrogen) atoms. The van der Waals surface area contributed by atoms with Crippen LogP contribution < -0.4 is 5.32 Å². The molecule has 2 N–H and O–H groups in total. The minimum atomic E-state index is -4.69. The summed E-state index contributed by atoms with van der Waals surface area (Å²) in [5.41, 5.74) is 2.18. The van der Waals surface area contributed by atoms with Crippen molar-refractivity contribution in [3.05, 3.63) is 89.2 Å². The molecule has 0 saturated heterocycles. The number of carbonyl (C=O) groups is 1. The predicted molar refractivity (Wildman–Crippen MR) is 111 cm³/mol. The molecule has 4 rings (SSSR count). The maximum atomic E-state index is 13.6. The molecule has 0 saturated carbocycles. The average molecular weight is 436 g/mol. The molecule has 1 amide bonds. The van der Waals surface area contributed by atoms with Crippen LogP contribution >= 0.6 is 0 Å². The summed E-state index contributed by atoms with van der Waals surface area (Å²) >= 11 is 0. The van der Waals surface area contributed by atoms with E-state index in [0.717, 1.165) is 4.57 Å². The summed E-state index contributed by atoms with van der Waals surface area (Å²) in [7, 11) is 0. The van der Waals surface area contributed by atoms with Crippen LogP contribution in [0.15, 0.2) is 66.7 Å². The second-order valence-electron chi connectivity index (χ2n) is 6.94. The molecule has 0 spiro atoms. The SMILES string of the molecule is N#Cc1ccc(C(=O)Nc2ccc(-n3c(C(F)(F)F)nc4cc(CO)ccc43)cc2)cc1. The molecule has 0 atom stereocenters. The van der Waals surface area contributed by atoms with Crippen molar-refractivity contribution >= 4 is 22.6 Å². The van der Waals surface area contributed by atoms with Gasteiger partial charge in [-0.2, -0.15) is 18.4 Å². The molecule has 1 aromatic heterocycles. The number of aliphatic hydroxyl groups is 1. The van der Waals surface area contributed by atoms with Crippen LogP contribution in [0.3, 0.4) is 0 Å². The summed E-state index contributed by atoms with van der Waals surface area (Å²) in [6.07, 6.45) is -4.69. The van der Waals surface area contributed by atoms with Crippen molar-refractivity contribution in [2.45, 2.75) is 12.8 Å². The van der Waals surface area contributed by atoms with Gasteiger partial charge in [0, 0.05) is 16.9 Å². The van der Waals surface area contributed by atoms with E-state index in [4.69, 9.17) is 5.26 Å². The second kappa shape index (κ2) is 8.17. The molecule has 0 bridgehead atoms. The Hall–Kier alpha value is -4.16. The molecule has 3 aromatic carbocycles. The molecule has 0 unspecified atom stereocenters. The number of fused-ring (bicyclic) bond motifs is 1. The second-order valence-corrected chi connectivity index (χ2v) is 6.94. The van der Waals surface area contributed by atoms with Gasteiger partial charge in [0.2, 0.25) is 5.82 Å². The first kappa shape index (κ1) is 21.1. The lowest BCUT2D eigenvalue weighted by Gasteiger charge is -2.12. The Labute approximate surface area is 180 Å². The quantitative estimate of drug-likeness (QED) is 0.487. The Morgan fingerprint density at radius 2 is 1.75 bits per heavy atom. The van der Waals surface area contributed by atoms with E-state index in [1.165, 1.54) is 66.7 Å². The number of nitrogens with zero attached hydrogens (tertiary/aromatic N) is 3. The predicted octanol–water partition coefficient (Wildman–Crippen LogP) is 4.66. The van der Waals surface area contributed by atoms with Gasteiger partial charge in [-0.25, -0.2) is 4.98 Å². The molecule has 0 radical (unpaired) electrons. The number of rotatable bonds is 4. The maximum absolute atomic E-state index is 13.6. The number of nitrogens with one attached hydrogen (secondary N) is 1. The first-order valence-corrected chi connectivity index (χ1v) is 9.41. The molecule has 6 nitrogen and oxygen atoms in total. The van der Waals surface area contributed by atoms with Gasteiger partial charge in [-0.1, -0.05) is 6.07 Å². The zero-order chi connectivity index (χ0) is 22.9. The molecule has 0 fully saturated rings. The van der Waals surface area contributed by atoms with Gasteiger partial charge in [-0.05, 0) is 66.2 Å². The van der Waals surface area contributed by atoms with Crippen LogP contribution in [0.5, 0.6) is 0 Å². The molecule has 9 heteroatoms. The standard InChI is InChI=1S/C23H15F3N4O2/c24-23(25,26)22-29-19-11-15(13-31)3-10-20(19)30(22)18-8-6-17(7-9-18)28-21(32)16-4-1-14(12-27)2-5-16/h1-11,31H,13H2,(H,28,32). The number of halogens is 3. The number of hydrogen-bond donors (Lipinski definition) is 2. The lowest BCUT2D eigenvalue weighted by atomic mass is 10.1. The van der Waals surface area contributed by atoms with E-state index in [1.54, 1.807) is 0 Å². The molecule has 4 aromatic rings. The third kappa shape index (κ3) is 4.04. The summed E-state index contributed by atoms with van der Waals surface area (Å²) in [5, 5.41) is 20.8. The van der Waals surface area contributed by atoms with Gasteiger partial charge in [0.25, 0.3) is 5.91 Å². The van der Waals surface area contributed by atoms with Crippen molar-refractivity contribution in [1.82, 2.24) is 9.55 Å². The number of alkyl halides is 3. The number of carbonyl (C=O) groups excluding carboxylic acids is 1. The topological polar surface area (TPSA) is 90.9 Å². The third-order valence-corrected chi connectivity index (χ3v) is 4.81. The van der Waals surface area contributed by atoms with E-state index in [0.29, 0.717) is 22.4 Å². The minimum absolute atomic E-state index is 0.113. The summed E-state index contributed by atoms with van der Waals surface area (Å²) in [5.74, 6) is -1.50. The van der Waals surface area contributed by atoms with Crippen molar-refractivity contribution in [3.63, 3.8) is 0 Å². The van der Waals surface area contributed by atoms with Crippen molar-refractivity contribution in [1.29, 1.82) is 5.26 Å². The Kier molecular flexibility index (Phi) is 5.38. The molecular formula is C23H15F3N4O2. The van der Waals surface area contributed by atoms with E-state index in [-0.39, 0.29) is 23.3 Å². The van der Waals surface area contributed by atoms with Crippen LogP contribution in [-0.2, 0) is 12.8 Å². The zero-order valence-electron chi connectivity index (χ0n) is 16.4. The number of imidazole rings is 1. The number of aromatic nitrogens is 2. The van der Waals surface area contributed by atoms with Crippen molar-refractivity contribution in [2.24, 2.45) is 0 Å². The van der Waals surface area contributed by atoms with Crippen LogP contribution in [0.2, 0.25) is 0 Å². The molecular weight excluding hydrogens is 421 g/mol. The van der Waals surface area contributed by atoms with Crippen LogP contribution in [0.1, 0.15) is 27.3 Å². The first-order chi connectivity index (χ1) is 15.3. The molecule has 0 aliphatic rings. The van der Waals surface area contributed by atoms with E-state index in [2.05, 4.69) is 10.3 Å². The van der Waals surface area contributed by atoms with Crippen LogP contribution in [0.25, 0.3) is 16.7 Å². The number of anilines is 1. The number of benzene rings is 3. The third-order valence-electron chi connectivity index (χ3n) is 4.81. The van der Waals surface area contributed by atoms with Gasteiger partial charge in [0.05, 0.1) is 29.3 Å². The van der Waals surface area contributed by atoms with Crippen molar-refractivity contribution < 1.29 is 23.1 Å². The molecule has 0 aliphatic heterocycles. The van der Waals surface area contributed by atoms with Crippen LogP contribution in [-0.4, -0.2) is 20.6 Å². The van der Waals surface area contributed by atoms with Crippen LogP contribution in [0, 0.1) is 11.3 Å². The molecule has 1 heterocycles. The fourth-order valence-electron chi connectivity index (χ4n) is 3.27. The fourth-order valence-corrected chi connectivity index (χ4v) is 3.27. The van der Waals surface area contributed by atoms with Crippen molar-refractivity contribution in [3.8, 4) is 11.8 Å². The van der Waals surface area contributed by atoms with Gasteiger partial charge in [0.1, 0.15) is 0 Å². The highest BCUT2D eigenvalue weighted by Gasteiger charge is 2.38. The summed E-state index contributed by atoms with van der Waals surface area (Å²) in [6, 6.07) is 18.3. The monoisotopic (exact) mass is 436 g/mol. The normalized spacial score (nSPS) is 11.3. The molecule has 160 valence electrons. The number of nitriles is 1. The lowest BCUT2D eigenvalue weighted by Crippen LogP contribution is -2.14. The Morgan fingerprint density at radius 3 is 2.34 bits per heavy atom. The summed E-state index contributed by atoms with van der Waals surface area (Å²) in [6.45, 7) is -0.308. The van der Waals surface area contributed by atoms with Gasteiger partial charge in [0.15, 0.2) is 0 Å². The highest BCUT2D eigenvalue weighted by atomic mass is 19.4. The smallest absolute Gasteiger partial charge is 0.392 e. The average Bonchev–Trinajstić information content (AvgIpc) is 3.19. The van der Waals surface area contributed by atoms with E-state index in [1.807, 2.05) is 6.07 Å². The lowest BCUT2D eigenvalue weighted by molar-refractivity contribution is -0.145. The van der Waals surface area contributed by atoms with Gasteiger partial charge in [-0.15, -0.1) is 0 Å². The zero-order valence-corrected chi connectivity index (χ0v) is 16.4. The fraction of sp³-hybridized carbons (Fsp3) is 0.0870.